The fourth-order valence-corrected chi connectivity index (χ4v) is 5.37. The van der Waals surface area contributed by atoms with Crippen molar-refractivity contribution in [3.8, 4) is 0 Å². The number of benzene rings is 1. The summed E-state index contributed by atoms with van der Waals surface area (Å²) in [6, 6.07) is 8.32. The van der Waals surface area contributed by atoms with Crippen LogP contribution in [0.3, 0.4) is 0 Å². The number of hydrogen-bond donors (Lipinski definition) is 1. The van der Waals surface area contributed by atoms with Gasteiger partial charge in [-0.15, -0.1) is 0 Å². The number of rotatable bonds is 6. The molecule has 6 nitrogen and oxygen atoms in total. The molecule has 0 spiro atoms. The summed E-state index contributed by atoms with van der Waals surface area (Å²) < 4.78 is 0. The monoisotopic (exact) mass is 423 g/mol. The first-order valence-electron chi connectivity index (χ1n) is 11.5. The average molecular weight is 424 g/mol. The molecule has 3 aliphatic rings. The van der Waals surface area contributed by atoms with Gasteiger partial charge in [-0.2, -0.15) is 0 Å². The molecule has 2 heterocycles. The summed E-state index contributed by atoms with van der Waals surface area (Å²) in [5.74, 6) is 0.196. The molecule has 1 aliphatic carbocycles. The molecule has 2 saturated heterocycles. The highest BCUT2D eigenvalue weighted by Gasteiger charge is 2.47. The van der Waals surface area contributed by atoms with Gasteiger partial charge in [-0.3, -0.25) is 24.2 Å². The summed E-state index contributed by atoms with van der Waals surface area (Å²) in [5, 5.41) is 2.85. The normalized spacial score (nSPS) is 28.6. The molecule has 1 aromatic carbocycles. The van der Waals surface area contributed by atoms with E-state index in [4.69, 9.17) is 0 Å². The molecule has 2 aliphatic heterocycles. The molecule has 0 radical (unpaired) electrons. The molecule has 4 atom stereocenters. The number of imide groups is 1. The lowest BCUT2D eigenvalue weighted by Crippen LogP contribution is -2.40. The van der Waals surface area contributed by atoms with Crippen LogP contribution in [0.5, 0.6) is 0 Å². The lowest BCUT2D eigenvalue weighted by Gasteiger charge is -2.35. The van der Waals surface area contributed by atoms with Gasteiger partial charge < -0.3 is 5.32 Å². The van der Waals surface area contributed by atoms with E-state index in [1.807, 2.05) is 24.3 Å². The molecule has 4 rings (SSSR count). The van der Waals surface area contributed by atoms with Gasteiger partial charge in [0, 0.05) is 26.2 Å². The predicted molar refractivity (Wildman–Crippen MR) is 119 cm³/mol. The number of carbonyl (C=O) groups is 3. The molecule has 2 fully saturated rings. The number of fused-ring (bicyclic) bond motifs is 1. The van der Waals surface area contributed by atoms with E-state index in [0.717, 1.165) is 41.9 Å². The molecule has 0 bridgehead atoms. The van der Waals surface area contributed by atoms with Crippen molar-refractivity contribution in [3.05, 3.63) is 47.5 Å². The van der Waals surface area contributed by atoms with E-state index in [9.17, 15) is 14.4 Å². The zero-order valence-electron chi connectivity index (χ0n) is 18.5. The van der Waals surface area contributed by atoms with E-state index in [1.54, 1.807) is 0 Å². The fourth-order valence-electron chi connectivity index (χ4n) is 5.37. The second-order valence-electron chi connectivity index (χ2n) is 9.65. The molecular formula is C25H33N3O3. The zero-order chi connectivity index (χ0) is 22.0. The Balaban J connectivity index is 1.25. The van der Waals surface area contributed by atoms with Gasteiger partial charge in [0.15, 0.2) is 0 Å². The Morgan fingerprint density at radius 1 is 0.935 bits per heavy atom. The number of hydrogen-bond acceptors (Lipinski definition) is 4. The van der Waals surface area contributed by atoms with Crippen LogP contribution in [-0.2, 0) is 27.5 Å². The van der Waals surface area contributed by atoms with Crippen molar-refractivity contribution in [1.29, 1.82) is 0 Å². The van der Waals surface area contributed by atoms with Crippen molar-refractivity contribution < 1.29 is 14.4 Å². The molecule has 0 unspecified atom stereocenters. The Kier molecular flexibility index (Phi) is 6.56. The largest absolute Gasteiger partial charge is 0.350 e. The lowest BCUT2D eigenvalue weighted by atomic mass is 9.85. The zero-order valence-corrected chi connectivity index (χ0v) is 18.5. The van der Waals surface area contributed by atoms with Crippen LogP contribution in [-0.4, -0.2) is 47.2 Å². The summed E-state index contributed by atoms with van der Waals surface area (Å²) in [6.07, 6.45) is 6.39. The molecule has 1 aromatic rings. The van der Waals surface area contributed by atoms with Gasteiger partial charge >= 0.3 is 0 Å². The molecule has 31 heavy (non-hydrogen) atoms. The lowest BCUT2D eigenvalue weighted by molar-refractivity contribution is -0.143. The smallest absolute Gasteiger partial charge is 0.240 e. The number of piperidine rings is 1. The van der Waals surface area contributed by atoms with Crippen LogP contribution in [0, 0.1) is 23.7 Å². The van der Waals surface area contributed by atoms with Crippen molar-refractivity contribution in [3.63, 3.8) is 0 Å². The summed E-state index contributed by atoms with van der Waals surface area (Å²) in [7, 11) is 0. The van der Waals surface area contributed by atoms with Crippen molar-refractivity contribution >= 4 is 17.7 Å². The van der Waals surface area contributed by atoms with E-state index in [1.165, 1.54) is 12.0 Å². The molecular weight excluding hydrogens is 390 g/mol. The minimum atomic E-state index is -0.298. The van der Waals surface area contributed by atoms with E-state index in [2.05, 4.69) is 36.2 Å². The Bertz CT molecular complexity index is 827. The van der Waals surface area contributed by atoms with Gasteiger partial charge in [-0.25, -0.2) is 0 Å². The van der Waals surface area contributed by atoms with Crippen molar-refractivity contribution in [1.82, 2.24) is 15.1 Å². The highest BCUT2D eigenvalue weighted by atomic mass is 16.2. The fraction of sp³-hybridized carbons (Fsp3) is 0.560. The predicted octanol–water partition coefficient (Wildman–Crippen LogP) is 2.73. The van der Waals surface area contributed by atoms with Crippen LogP contribution < -0.4 is 5.32 Å². The molecule has 0 aromatic heterocycles. The SMILES string of the molecule is C[C@@H]1C[C@H](C)CN(Cc2ccc(CNC(=O)CN3C(=O)[C@@H]4CC=CC[C@H]4C3=O)cc2)C1. The first-order chi connectivity index (χ1) is 14.9. The maximum atomic E-state index is 12.5. The second-order valence-corrected chi connectivity index (χ2v) is 9.65. The highest BCUT2D eigenvalue weighted by molar-refractivity contribution is 6.07. The van der Waals surface area contributed by atoms with Crippen molar-refractivity contribution in [2.75, 3.05) is 19.6 Å². The third kappa shape index (κ3) is 5.06. The van der Waals surface area contributed by atoms with Crippen LogP contribution in [0.15, 0.2) is 36.4 Å². The molecule has 6 heteroatoms. The molecule has 0 saturated carbocycles. The molecule has 3 amide bonds. The summed E-state index contributed by atoms with van der Waals surface area (Å²) in [5.41, 5.74) is 2.29. The van der Waals surface area contributed by atoms with Crippen molar-refractivity contribution in [2.24, 2.45) is 23.7 Å². The summed E-state index contributed by atoms with van der Waals surface area (Å²) in [6.45, 7) is 8.10. The average Bonchev–Trinajstić information content (AvgIpc) is 2.98. The van der Waals surface area contributed by atoms with Gasteiger partial charge in [0.25, 0.3) is 0 Å². The van der Waals surface area contributed by atoms with Crippen LogP contribution in [0.25, 0.3) is 0 Å². The van der Waals surface area contributed by atoms with E-state index in [-0.39, 0.29) is 36.1 Å². The highest BCUT2D eigenvalue weighted by Crippen LogP contribution is 2.34. The number of nitrogens with zero attached hydrogens (tertiary/aromatic N) is 2. The van der Waals surface area contributed by atoms with Crippen LogP contribution in [0.4, 0.5) is 0 Å². The third-order valence-corrected chi connectivity index (χ3v) is 6.76. The van der Waals surface area contributed by atoms with Crippen LogP contribution in [0.1, 0.15) is 44.2 Å². The topological polar surface area (TPSA) is 69.7 Å². The number of likely N-dealkylation sites (tertiary alicyclic amines) is 2. The maximum Gasteiger partial charge on any atom is 0.240 e. The summed E-state index contributed by atoms with van der Waals surface area (Å²) >= 11 is 0. The summed E-state index contributed by atoms with van der Waals surface area (Å²) in [4.78, 5) is 41.0. The third-order valence-electron chi connectivity index (χ3n) is 6.76. The maximum absolute atomic E-state index is 12.5. The van der Waals surface area contributed by atoms with Crippen LogP contribution in [0.2, 0.25) is 0 Å². The van der Waals surface area contributed by atoms with Gasteiger partial charge in [-0.05, 0) is 42.2 Å². The number of carbonyl (C=O) groups excluding carboxylic acids is 3. The number of nitrogens with one attached hydrogen (secondary N) is 1. The van der Waals surface area contributed by atoms with E-state index in [0.29, 0.717) is 19.4 Å². The van der Waals surface area contributed by atoms with Gasteiger partial charge in [0.2, 0.25) is 17.7 Å². The second kappa shape index (κ2) is 9.35. The van der Waals surface area contributed by atoms with E-state index < -0.39 is 0 Å². The van der Waals surface area contributed by atoms with Gasteiger partial charge in [-0.1, -0.05) is 50.3 Å². The number of amides is 3. The molecule has 1 N–H and O–H groups in total. The Morgan fingerprint density at radius 2 is 1.48 bits per heavy atom. The van der Waals surface area contributed by atoms with E-state index >= 15 is 0 Å². The Labute approximate surface area is 184 Å². The Morgan fingerprint density at radius 3 is 2.06 bits per heavy atom. The first-order valence-corrected chi connectivity index (χ1v) is 11.5. The first kappa shape index (κ1) is 21.8. The van der Waals surface area contributed by atoms with Crippen LogP contribution >= 0.6 is 0 Å². The minimum Gasteiger partial charge on any atom is -0.350 e. The quantitative estimate of drug-likeness (QED) is 0.564. The van der Waals surface area contributed by atoms with Gasteiger partial charge in [0.1, 0.15) is 6.54 Å². The standard InChI is InChI=1S/C25H33N3O3/c1-17-11-18(2)14-27(13-17)15-20-9-7-19(8-10-20)12-26-23(29)16-28-24(30)21-5-3-4-6-22(21)25(28)31/h3-4,7-10,17-18,21-22H,5-6,11-16H2,1-2H3,(H,26,29)/t17-,18+,21-,22-/m1/s1. The minimum absolute atomic E-state index is 0.186. The van der Waals surface area contributed by atoms with Gasteiger partial charge in [0.05, 0.1) is 11.8 Å². The molecule has 166 valence electrons. The Hall–Kier alpha value is -2.47. The van der Waals surface area contributed by atoms with Crippen molar-refractivity contribution in [2.45, 2.75) is 46.2 Å². The number of allylic oxidation sites excluding steroid dienone is 2.